The molecule has 0 aromatic carbocycles. The number of nitrogens with one attached hydrogen (secondary N) is 2. The van der Waals surface area contributed by atoms with Crippen molar-refractivity contribution in [3.63, 3.8) is 0 Å². The molecule has 0 aromatic heterocycles. The molecule has 1 fully saturated rings. The van der Waals surface area contributed by atoms with Gasteiger partial charge in [-0.25, -0.2) is 0 Å². The van der Waals surface area contributed by atoms with Crippen LogP contribution in [0.4, 0.5) is 0 Å². The Bertz CT molecular complexity index is 511. The van der Waals surface area contributed by atoms with E-state index in [1.807, 2.05) is 0 Å². The van der Waals surface area contributed by atoms with Crippen LogP contribution < -0.4 is 21.9 Å². The molecule has 3 atom stereocenters. The number of ketones is 1. The Labute approximate surface area is 184 Å². The number of nitrogens with zero attached hydrogens (tertiary/aromatic N) is 1. The van der Waals surface area contributed by atoms with Gasteiger partial charge in [-0.1, -0.05) is 39.5 Å². The van der Waals surface area contributed by atoms with Crippen LogP contribution in [0, 0.1) is 11.8 Å². The highest BCUT2D eigenvalue weighted by Gasteiger charge is 2.30. The fourth-order valence-electron chi connectivity index (χ4n) is 3.57. The second-order valence-corrected chi connectivity index (χ2v) is 10.1. The van der Waals surface area contributed by atoms with Gasteiger partial charge in [-0.05, 0) is 60.1 Å². The largest absolute Gasteiger partial charge is 0.370 e. The van der Waals surface area contributed by atoms with E-state index in [9.17, 15) is 9.59 Å². The number of Topliss-reactive ketones (excluding diaryl/α,β-unsaturated/α-hetero) is 1. The lowest BCUT2D eigenvalue weighted by Gasteiger charge is -2.25. The van der Waals surface area contributed by atoms with Gasteiger partial charge in [-0.2, -0.15) is 0 Å². The molecule has 7 nitrogen and oxygen atoms in total. The maximum absolute atomic E-state index is 13.0. The molecular weight excluding hydrogens is 488 g/mol. The lowest BCUT2D eigenvalue weighted by atomic mass is 9.87. The van der Waals surface area contributed by atoms with Crippen molar-refractivity contribution in [2.24, 2.45) is 28.3 Å². The Kier molecular flexibility index (Phi) is 13.2. The quantitative estimate of drug-likeness (QED) is 0.0825. The molecule has 162 valence electrons. The third-order valence-electron chi connectivity index (χ3n) is 5.09. The zero-order chi connectivity index (χ0) is 20.9. The van der Waals surface area contributed by atoms with Crippen LogP contribution in [0.3, 0.4) is 0 Å². The number of hydrogen-bond acceptors (Lipinski definition) is 4. The summed E-state index contributed by atoms with van der Waals surface area (Å²) in [6, 6.07) is -1.06. The molecule has 1 rings (SSSR count). The maximum Gasteiger partial charge on any atom is 0.237 e. The molecule has 6 N–H and O–H groups in total. The number of rotatable bonds is 11. The molecule has 1 aliphatic carbocycles. The number of carbonyl (C=O) groups excluding carboxylic acids is 2. The topological polar surface area (TPSA) is 123 Å². The predicted octanol–water partition coefficient (Wildman–Crippen LogP) is 3.01. The highest BCUT2D eigenvalue weighted by Crippen LogP contribution is 2.25. The Morgan fingerprint density at radius 3 is 2.43 bits per heavy atom. The average molecular weight is 525 g/mol. The van der Waals surface area contributed by atoms with Crippen molar-refractivity contribution in [3.8, 4) is 0 Å². The van der Waals surface area contributed by atoms with Gasteiger partial charge < -0.3 is 21.9 Å². The van der Waals surface area contributed by atoms with E-state index in [1.165, 1.54) is 12.8 Å². The zero-order valence-corrected chi connectivity index (χ0v) is 20.3. The van der Waals surface area contributed by atoms with Crippen molar-refractivity contribution in [1.29, 1.82) is 0 Å². The van der Waals surface area contributed by atoms with Crippen LogP contribution in [0.25, 0.3) is 0 Å². The predicted molar refractivity (Wildman–Crippen MR) is 127 cm³/mol. The van der Waals surface area contributed by atoms with Gasteiger partial charge in [0.1, 0.15) is 0 Å². The van der Waals surface area contributed by atoms with Gasteiger partial charge in [0.25, 0.3) is 0 Å². The van der Waals surface area contributed by atoms with E-state index in [1.54, 1.807) is 0 Å². The van der Waals surface area contributed by atoms with E-state index in [4.69, 9.17) is 11.5 Å². The first-order valence-electron chi connectivity index (χ1n) is 10.4. The normalized spacial score (nSPS) is 18.8. The molecule has 0 aliphatic heterocycles. The molecule has 0 saturated heterocycles. The van der Waals surface area contributed by atoms with Crippen LogP contribution in [-0.2, 0) is 9.59 Å². The third kappa shape index (κ3) is 10.3. The van der Waals surface area contributed by atoms with Gasteiger partial charge >= 0.3 is 0 Å². The lowest BCUT2D eigenvalue weighted by Crippen LogP contribution is -2.50. The van der Waals surface area contributed by atoms with Crippen LogP contribution >= 0.6 is 28.4 Å². The van der Waals surface area contributed by atoms with Gasteiger partial charge in [-0.15, -0.1) is 0 Å². The van der Waals surface area contributed by atoms with E-state index < -0.39 is 12.1 Å². The maximum atomic E-state index is 13.0. The first kappa shape index (κ1) is 25.6. The third-order valence-corrected chi connectivity index (χ3v) is 6.25. The van der Waals surface area contributed by atoms with E-state index >= 15 is 0 Å². The van der Waals surface area contributed by atoms with Gasteiger partial charge in [0.2, 0.25) is 5.91 Å². The van der Waals surface area contributed by atoms with Crippen LogP contribution in [0.1, 0.15) is 71.6 Å². The highest BCUT2D eigenvalue weighted by molar-refractivity contribution is 14.2. The van der Waals surface area contributed by atoms with Crippen LogP contribution in [0.15, 0.2) is 4.99 Å². The summed E-state index contributed by atoms with van der Waals surface area (Å²) < 4.78 is 0. The smallest absolute Gasteiger partial charge is 0.237 e. The Morgan fingerprint density at radius 1 is 1.21 bits per heavy atom. The monoisotopic (exact) mass is 525 g/mol. The number of guanidine groups is 1. The van der Waals surface area contributed by atoms with Crippen LogP contribution in [0.5, 0.6) is 0 Å². The molecule has 0 bridgehead atoms. The summed E-state index contributed by atoms with van der Waals surface area (Å²) in [5, 5.41) is 5.89. The minimum absolute atomic E-state index is 0.0752. The molecule has 1 saturated carbocycles. The number of halogens is 1. The lowest BCUT2D eigenvalue weighted by molar-refractivity contribution is -0.131. The van der Waals surface area contributed by atoms with Crippen molar-refractivity contribution < 1.29 is 9.59 Å². The minimum atomic E-state index is -0.632. The molecule has 1 aliphatic rings. The average Bonchev–Trinajstić information content (AvgIpc) is 2.93. The van der Waals surface area contributed by atoms with E-state index in [0.717, 1.165) is 25.7 Å². The van der Waals surface area contributed by atoms with Crippen molar-refractivity contribution in [1.82, 2.24) is 10.4 Å². The fourth-order valence-corrected chi connectivity index (χ4v) is 4.58. The molecule has 1 amide bonds. The summed E-state index contributed by atoms with van der Waals surface area (Å²) in [5.41, 5.74) is 11.7. The summed E-state index contributed by atoms with van der Waals surface area (Å²) in [7, 11) is 0. The zero-order valence-electron chi connectivity index (χ0n) is 17.2. The van der Waals surface area contributed by atoms with Crippen molar-refractivity contribution in [2.75, 3.05) is 6.54 Å². The first-order chi connectivity index (χ1) is 13.3. The van der Waals surface area contributed by atoms with E-state index in [-0.39, 0.29) is 17.6 Å². The van der Waals surface area contributed by atoms with Crippen LogP contribution in [-0.4, -0.2) is 36.3 Å². The van der Waals surface area contributed by atoms with Crippen molar-refractivity contribution in [3.05, 3.63) is 0 Å². The summed E-state index contributed by atoms with van der Waals surface area (Å²) >= 11 is 2.18. The Balaban J connectivity index is 2.55. The van der Waals surface area contributed by atoms with E-state index in [2.05, 4.69) is 51.3 Å². The molecule has 9 heteroatoms. The molecule has 0 spiro atoms. The Hall–Kier alpha value is -0.470. The van der Waals surface area contributed by atoms with Gasteiger partial charge in [0.15, 0.2) is 11.7 Å². The van der Waals surface area contributed by atoms with Gasteiger partial charge in [0, 0.05) is 18.8 Å². The van der Waals surface area contributed by atoms with Crippen molar-refractivity contribution >= 4 is 46.1 Å². The molecule has 0 heterocycles. The fraction of sp³-hybridized carbons (Fsp3) is 0.842. The molecule has 0 radical (unpaired) electrons. The second-order valence-electron chi connectivity index (χ2n) is 8.02. The molecule has 1 unspecified atom stereocenters. The summed E-state index contributed by atoms with van der Waals surface area (Å²) in [6.07, 6.45) is 8.84. The number of aliphatic imine (C=N–C) groups is 1. The highest BCUT2D eigenvalue weighted by atomic mass is 127. The summed E-state index contributed by atoms with van der Waals surface area (Å²) in [6.45, 7) is 4.68. The molecular formula is C19H37IN5O2P. The standard InChI is InChI=1S/C19H37IN5O2P/c1-13(2)12-16(17(26)14-8-5-3-4-6-9-14)24-18(27)15(21)10-7-11-23-19(22)25-28-20/h13-16,28H,3-12,21H2,1-2H3,(H,24,27)(H3,22,23,25)/t15-,16-/m0/s1. The van der Waals surface area contributed by atoms with E-state index in [0.29, 0.717) is 44.1 Å². The number of hydrogen-bond donors (Lipinski definition) is 4. The number of amides is 1. The molecule has 0 aromatic rings. The second kappa shape index (κ2) is 14.5. The van der Waals surface area contributed by atoms with Gasteiger partial charge in [-0.3, -0.25) is 14.6 Å². The Morgan fingerprint density at radius 2 is 1.86 bits per heavy atom. The van der Waals surface area contributed by atoms with Crippen LogP contribution in [0.2, 0.25) is 0 Å². The molecule has 28 heavy (non-hydrogen) atoms. The van der Waals surface area contributed by atoms with Gasteiger partial charge in [0.05, 0.1) is 12.1 Å². The summed E-state index contributed by atoms with van der Waals surface area (Å²) in [4.78, 5) is 29.8. The number of carbonyl (C=O) groups is 2. The van der Waals surface area contributed by atoms with Crippen molar-refractivity contribution in [2.45, 2.75) is 83.7 Å². The number of nitrogens with two attached hydrogens (primary N) is 2. The SMILES string of the molecule is CC(C)C[C@H](NC(=O)[C@@H](N)CCCN=C(N)NPI)C(=O)C1CCCCCC1. The minimum Gasteiger partial charge on any atom is -0.370 e. The first-order valence-corrected chi connectivity index (χ1v) is 14.5. The summed E-state index contributed by atoms with van der Waals surface area (Å²) in [5.74, 6) is 0.776.